The molecule has 9 nitrogen and oxygen atoms in total. The van der Waals surface area contributed by atoms with Gasteiger partial charge in [-0.2, -0.15) is 5.26 Å². The van der Waals surface area contributed by atoms with Crippen LogP contribution in [0.3, 0.4) is 0 Å². The van der Waals surface area contributed by atoms with Gasteiger partial charge in [-0.25, -0.2) is 19.2 Å². The molecule has 0 aliphatic carbocycles. The van der Waals surface area contributed by atoms with Gasteiger partial charge in [0.25, 0.3) is 0 Å². The molecule has 44 heavy (non-hydrogen) atoms. The Kier molecular flexibility index (Phi) is 7.16. The number of fused-ring (bicyclic) bond motifs is 7. The minimum atomic E-state index is -1.02. The summed E-state index contributed by atoms with van der Waals surface area (Å²) in [6.45, 7) is 1.65. The fourth-order valence-corrected chi connectivity index (χ4v) is 5.65. The number of carbonyl (C=O) groups is 1. The number of carboxylic acid groups (broad SMARTS) is 1. The van der Waals surface area contributed by atoms with Gasteiger partial charge in [-0.05, 0) is 66.1 Å². The number of aromatic carboxylic acids is 1. The molecule has 1 N–H and O–H groups in total. The van der Waals surface area contributed by atoms with Crippen LogP contribution in [0.1, 0.15) is 44.9 Å². The van der Waals surface area contributed by atoms with E-state index in [0.717, 1.165) is 23.1 Å². The van der Waals surface area contributed by atoms with E-state index in [4.69, 9.17) is 19.2 Å². The molecule has 2 aliphatic heterocycles. The lowest BCUT2D eigenvalue weighted by Crippen LogP contribution is -2.31. The van der Waals surface area contributed by atoms with E-state index in [1.54, 1.807) is 54.6 Å². The van der Waals surface area contributed by atoms with E-state index >= 15 is 4.39 Å². The number of nitriles is 1. The largest absolute Gasteiger partial charge is 0.493 e. The Hall–Kier alpha value is -5.27. The third-order valence-corrected chi connectivity index (χ3v) is 8.09. The average Bonchev–Trinajstić information content (AvgIpc) is 3.34. The van der Waals surface area contributed by atoms with E-state index in [9.17, 15) is 15.2 Å². The van der Waals surface area contributed by atoms with Crippen LogP contribution in [0, 0.1) is 17.1 Å². The lowest BCUT2D eigenvalue weighted by Gasteiger charge is -2.27. The Balaban J connectivity index is 1.31. The fourth-order valence-electron chi connectivity index (χ4n) is 5.65. The molecular formula is C34H27FN4O5. The number of imidazole rings is 1. The second-order valence-corrected chi connectivity index (χ2v) is 10.9. The quantitative estimate of drug-likeness (QED) is 0.277. The maximum Gasteiger partial charge on any atom is 0.335 e. The smallest absolute Gasteiger partial charge is 0.335 e. The summed E-state index contributed by atoms with van der Waals surface area (Å²) >= 11 is 0. The maximum atomic E-state index is 15.8. The lowest BCUT2D eigenvalue weighted by atomic mass is 9.96. The molecule has 0 radical (unpaired) electrons. The third-order valence-electron chi connectivity index (χ3n) is 8.09. The van der Waals surface area contributed by atoms with Gasteiger partial charge in [0.1, 0.15) is 24.0 Å². The SMILES string of the molecule is N#Cc1ccc2c(c1)OCCc1cc(c(F)cc1Cc1nc3ccc(C(=O)O)cc3n1C[C@@H]1CCO1)-c1cccc(n1)OC2. The van der Waals surface area contributed by atoms with Gasteiger partial charge in [0.05, 0.1) is 53.2 Å². The molecule has 5 aromatic rings. The van der Waals surface area contributed by atoms with Crippen LogP contribution >= 0.6 is 0 Å². The van der Waals surface area contributed by atoms with Crippen LogP contribution in [-0.2, 0) is 30.7 Å². The minimum absolute atomic E-state index is 0.0000319. The summed E-state index contributed by atoms with van der Waals surface area (Å²) in [6.07, 6.45) is 1.66. The molecule has 2 aliphatic rings. The first-order valence-corrected chi connectivity index (χ1v) is 14.4. The van der Waals surface area contributed by atoms with E-state index in [0.29, 0.717) is 71.3 Å². The van der Waals surface area contributed by atoms with E-state index in [2.05, 4.69) is 11.1 Å². The first-order chi connectivity index (χ1) is 21.4. The zero-order valence-corrected chi connectivity index (χ0v) is 23.6. The number of aromatic nitrogens is 3. The van der Waals surface area contributed by atoms with Crippen LogP contribution < -0.4 is 9.47 Å². The van der Waals surface area contributed by atoms with Crippen molar-refractivity contribution in [2.45, 2.75) is 38.5 Å². The molecule has 4 heterocycles. The number of halogens is 1. The molecule has 0 unspecified atom stereocenters. The second-order valence-electron chi connectivity index (χ2n) is 10.9. The molecule has 1 saturated heterocycles. The number of carboxylic acids is 1. The molecular weight excluding hydrogens is 563 g/mol. The topological polar surface area (TPSA) is 119 Å². The van der Waals surface area contributed by atoms with Crippen molar-refractivity contribution in [3.63, 3.8) is 0 Å². The van der Waals surface area contributed by atoms with Crippen molar-refractivity contribution in [2.24, 2.45) is 0 Å². The zero-order chi connectivity index (χ0) is 30.2. The highest BCUT2D eigenvalue weighted by Gasteiger charge is 2.24. The van der Waals surface area contributed by atoms with Gasteiger partial charge in [-0.15, -0.1) is 0 Å². The first kappa shape index (κ1) is 27.6. The van der Waals surface area contributed by atoms with E-state index in [1.165, 1.54) is 12.1 Å². The van der Waals surface area contributed by atoms with Gasteiger partial charge >= 0.3 is 5.97 Å². The van der Waals surface area contributed by atoms with Crippen molar-refractivity contribution >= 4 is 17.0 Å². The molecule has 10 heteroatoms. The summed E-state index contributed by atoms with van der Waals surface area (Å²) < 4.78 is 35.6. The number of rotatable bonds is 5. The van der Waals surface area contributed by atoms with Crippen molar-refractivity contribution in [3.8, 4) is 29.0 Å². The number of nitrogens with zero attached hydrogens (tertiary/aromatic N) is 4. The highest BCUT2D eigenvalue weighted by Crippen LogP contribution is 2.31. The highest BCUT2D eigenvalue weighted by molar-refractivity contribution is 5.92. The number of hydrogen-bond acceptors (Lipinski definition) is 7. The molecule has 3 aromatic carbocycles. The van der Waals surface area contributed by atoms with Crippen LogP contribution in [0.4, 0.5) is 4.39 Å². The van der Waals surface area contributed by atoms with Gasteiger partial charge in [-0.3, -0.25) is 0 Å². The van der Waals surface area contributed by atoms with Gasteiger partial charge < -0.3 is 23.9 Å². The van der Waals surface area contributed by atoms with E-state index < -0.39 is 11.8 Å². The summed E-state index contributed by atoms with van der Waals surface area (Å²) in [6, 6.07) is 20.8. The highest BCUT2D eigenvalue weighted by atomic mass is 19.1. The molecule has 0 amide bonds. The Labute approximate surface area is 252 Å². The predicted octanol–water partition coefficient (Wildman–Crippen LogP) is 5.70. The van der Waals surface area contributed by atoms with E-state index in [1.807, 2.05) is 4.57 Å². The molecule has 220 valence electrons. The first-order valence-electron chi connectivity index (χ1n) is 14.4. The summed E-state index contributed by atoms with van der Waals surface area (Å²) in [7, 11) is 0. The summed E-state index contributed by atoms with van der Waals surface area (Å²) in [5.74, 6) is 0.123. The maximum absolute atomic E-state index is 15.8. The van der Waals surface area contributed by atoms with E-state index in [-0.39, 0.29) is 24.9 Å². The molecule has 1 fully saturated rings. The summed E-state index contributed by atoms with van der Waals surface area (Å²) in [5.41, 5.74) is 5.15. The Bertz CT molecular complexity index is 1960. The molecule has 4 bridgehead atoms. The third kappa shape index (κ3) is 5.34. The van der Waals surface area contributed by atoms with Crippen LogP contribution in [0.25, 0.3) is 22.3 Å². The molecule has 0 spiro atoms. The number of ether oxygens (including phenoxy) is 3. The minimum Gasteiger partial charge on any atom is -0.493 e. The zero-order valence-electron chi connectivity index (χ0n) is 23.6. The van der Waals surface area contributed by atoms with Crippen molar-refractivity contribution in [1.82, 2.24) is 14.5 Å². The molecule has 7 rings (SSSR count). The Morgan fingerprint density at radius 3 is 2.73 bits per heavy atom. The van der Waals surface area contributed by atoms with Gasteiger partial charge in [0.2, 0.25) is 5.88 Å². The fraction of sp³-hybridized carbons (Fsp3) is 0.235. The van der Waals surface area contributed by atoms with Gasteiger partial charge in [0.15, 0.2) is 0 Å². The normalized spacial score (nSPS) is 15.8. The summed E-state index contributed by atoms with van der Waals surface area (Å²) in [4.78, 5) is 21.1. The van der Waals surface area contributed by atoms with Crippen LogP contribution in [0.5, 0.6) is 11.6 Å². The van der Waals surface area contributed by atoms with Crippen molar-refractivity contribution < 1.29 is 28.5 Å². The monoisotopic (exact) mass is 590 g/mol. The molecule has 1 atom stereocenters. The van der Waals surface area contributed by atoms with Crippen LogP contribution in [0.2, 0.25) is 0 Å². The van der Waals surface area contributed by atoms with Gasteiger partial charge in [-0.1, -0.05) is 12.1 Å². The number of pyridine rings is 1. The van der Waals surface area contributed by atoms with Crippen molar-refractivity contribution in [1.29, 1.82) is 5.26 Å². The predicted molar refractivity (Wildman–Crippen MR) is 158 cm³/mol. The van der Waals surface area contributed by atoms with Crippen LogP contribution in [0.15, 0.2) is 66.7 Å². The van der Waals surface area contributed by atoms with Crippen LogP contribution in [-0.4, -0.2) is 44.9 Å². The Morgan fingerprint density at radius 2 is 1.93 bits per heavy atom. The number of hydrogen-bond donors (Lipinski definition) is 1. The van der Waals surface area contributed by atoms with Crippen molar-refractivity contribution in [3.05, 3.63) is 106 Å². The second kappa shape index (κ2) is 11.4. The Morgan fingerprint density at radius 1 is 1.05 bits per heavy atom. The summed E-state index contributed by atoms with van der Waals surface area (Å²) in [5, 5.41) is 19.0. The lowest BCUT2D eigenvalue weighted by molar-refractivity contribution is -0.0589. The molecule has 0 saturated carbocycles. The average molecular weight is 591 g/mol. The van der Waals surface area contributed by atoms with Gasteiger partial charge in [0, 0.05) is 36.6 Å². The molecule has 2 aromatic heterocycles. The van der Waals surface area contributed by atoms with Crippen molar-refractivity contribution in [2.75, 3.05) is 13.2 Å². The number of benzene rings is 3. The standard InChI is InChI=1S/C34H27FN4O5/c35-27-14-24(16-32-37-29-7-6-22(34(40)41)15-30(29)39(32)18-25-9-11-42-25)21-8-10-43-31-12-20(17-36)4-5-23(31)19-44-33-3-1-2-28(38-33)26(27)13-21/h1-7,12-15,25H,8-11,16,18-19H2,(H,40,41)/t25-/m0/s1.